The van der Waals surface area contributed by atoms with Gasteiger partial charge in [0, 0.05) is 20.0 Å². The van der Waals surface area contributed by atoms with Crippen LogP contribution in [0.1, 0.15) is 49.9 Å². The molecular weight excluding hydrogens is 304 g/mol. The Morgan fingerprint density at radius 1 is 1.21 bits per heavy atom. The SMILES string of the molecule is COc1ccccc1C(=O)N1CCC[C@@H]2N(C(C)=O)CCC[C@@]21C. The maximum atomic E-state index is 13.3. The van der Waals surface area contributed by atoms with Crippen LogP contribution in [0.2, 0.25) is 0 Å². The summed E-state index contributed by atoms with van der Waals surface area (Å²) >= 11 is 0. The van der Waals surface area contributed by atoms with Crippen LogP contribution >= 0.6 is 0 Å². The Kier molecular flexibility index (Phi) is 4.52. The van der Waals surface area contributed by atoms with Crippen molar-refractivity contribution in [1.29, 1.82) is 0 Å². The lowest BCUT2D eigenvalue weighted by Gasteiger charge is -2.56. The third-order valence-electron chi connectivity index (χ3n) is 5.64. The summed E-state index contributed by atoms with van der Waals surface area (Å²) in [6.45, 7) is 5.30. The summed E-state index contributed by atoms with van der Waals surface area (Å²) in [6.07, 6.45) is 3.75. The van der Waals surface area contributed by atoms with Crippen molar-refractivity contribution in [2.24, 2.45) is 0 Å². The quantitative estimate of drug-likeness (QED) is 0.838. The number of para-hydroxylation sites is 1. The lowest BCUT2D eigenvalue weighted by Crippen LogP contribution is -2.68. The molecule has 1 aromatic rings. The van der Waals surface area contributed by atoms with Crippen molar-refractivity contribution in [1.82, 2.24) is 9.80 Å². The van der Waals surface area contributed by atoms with Gasteiger partial charge in [-0.05, 0) is 44.7 Å². The van der Waals surface area contributed by atoms with E-state index in [1.807, 2.05) is 34.1 Å². The van der Waals surface area contributed by atoms with Gasteiger partial charge in [-0.15, -0.1) is 0 Å². The molecule has 1 aromatic carbocycles. The molecule has 2 heterocycles. The summed E-state index contributed by atoms with van der Waals surface area (Å²) in [5.74, 6) is 0.718. The zero-order chi connectivity index (χ0) is 17.3. The molecule has 2 aliphatic heterocycles. The number of hydrogen-bond donors (Lipinski definition) is 0. The highest BCUT2D eigenvalue weighted by Gasteiger charge is 2.50. The number of benzene rings is 1. The number of nitrogens with zero attached hydrogens (tertiary/aromatic N) is 2. The first-order chi connectivity index (χ1) is 11.5. The van der Waals surface area contributed by atoms with E-state index >= 15 is 0 Å². The third-order valence-corrected chi connectivity index (χ3v) is 5.64. The summed E-state index contributed by atoms with van der Waals surface area (Å²) in [7, 11) is 1.59. The fourth-order valence-electron chi connectivity index (χ4n) is 4.42. The molecule has 5 nitrogen and oxygen atoms in total. The van der Waals surface area contributed by atoms with E-state index in [0.29, 0.717) is 11.3 Å². The van der Waals surface area contributed by atoms with Gasteiger partial charge in [-0.2, -0.15) is 0 Å². The minimum absolute atomic E-state index is 0.00468. The zero-order valence-electron chi connectivity index (χ0n) is 14.7. The molecule has 0 radical (unpaired) electrons. The van der Waals surface area contributed by atoms with Gasteiger partial charge in [0.05, 0.1) is 24.3 Å². The van der Waals surface area contributed by atoms with E-state index in [4.69, 9.17) is 4.74 Å². The molecule has 2 fully saturated rings. The highest BCUT2D eigenvalue weighted by atomic mass is 16.5. The summed E-state index contributed by atoms with van der Waals surface area (Å²) in [6, 6.07) is 7.48. The normalized spacial score (nSPS) is 26.7. The number of carbonyl (C=O) groups is 2. The van der Waals surface area contributed by atoms with Gasteiger partial charge >= 0.3 is 0 Å². The van der Waals surface area contributed by atoms with Crippen LogP contribution < -0.4 is 4.74 Å². The average Bonchev–Trinajstić information content (AvgIpc) is 2.59. The lowest BCUT2D eigenvalue weighted by molar-refractivity contribution is -0.140. The molecule has 5 heteroatoms. The number of hydrogen-bond acceptors (Lipinski definition) is 3. The van der Waals surface area contributed by atoms with Crippen LogP contribution in [0, 0.1) is 0 Å². The first kappa shape index (κ1) is 16.8. The Hall–Kier alpha value is -2.04. The lowest BCUT2D eigenvalue weighted by atomic mass is 9.75. The minimum Gasteiger partial charge on any atom is -0.496 e. The van der Waals surface area contributed by atoms with Gasteiger partial charge in [-0.1, -0.05) is 12.1 Å². The van der Waals surface area contributed by atoms with Gasteiger partial charge in [0.25, 0.3) is 5.91 Å². The number of ether oxygens (including phenoxy) is 1. The Balaban J connectivity index is 1.95. The number of rotatable bonds is 2. The number of piperidine rings is 2. The third kappa shape index (κ3) is 2.66. The maximum absolute atomic E-state index is 13.3. The largest absolute Gasteiger partial charge is 0.496 e. The molecule has 0 aliphatic carbocycles. The van der Waals surface area contributed by atoms with Crippen molar-refractivity contribution in [2.45, 2.75) is 51.1 Å². The second-order valence-electron chi connectivity index (χ2n) is 6.99. The van der Waals surface area contributed by atoms with Crippen LogP contribution in [0.3, 0.4) is 0 Å². The van der Waals surface area contributed by atoms with E-state index in [9.17, 15) is 9.59 Å². The van der Waals surface area contributed by atoms with E-state index in [0.717, 1.165) is 38.8 Å². The van der Waals surface area contributed by atoms with Crippen molar-refractivity contribution in [2.75, 3.05) is 20.2 Å². The van der Waals surface area contributed by atoms with Crippen LogP contribution in [0.25, 0.3) is 0 Å². The second-order valence-corrected chi connectivity index (χ2v) is 6.99. The van der Waals surface area contributed by atoms with E-state index in [2.05, 4.69) is 6.92 Å². The minimum atomic E-state index is -0.305. The predicted octanol–water partition coefficient (Wildman–Crippen LogP) is 2.70. The fraction of sp³-hybridized carbons (Fsp3) is 0.579. The van der Waals surface area contributed by atoms with Gasteiger partial charge in [0.1, 0.15) is 5.75 Å². The summed E-state index contributed by atoms with van der Waals surface area (Å²) < 4.78 is 5.37. The number of fused-ring (bicyclic) bond motifs is 1. The number of carbonyl (C=O) groups excluding carboxylic acids is 2. The van der Waals surface area contributed by atoms with Crippen LogP contribution in [-0.4, -0.2) is 53.4 Å². The van der Waals surface area contributed by atoms with E-state index in [1.165, 1.54) is 0 Å². The Bertz CT molecular complexity index is 645. The second kappa shape index (κ2) is 6.46. The first-order valence-corrected chi connectivity index (χ1v) is 8.71. The molecule has 0 spiro atoms. The molecule has 0 N–H and O–H groups in total. The highest BCUT2D eigenvalue weighted by Crippen LogP contribution is 2.40. The highest BCUT2D eigenvalue weighted by molar-refractivity contribution is 5.97. The molecular formula is C19H26N2O3. The van der Waals surface area contributed by atoms with E-state index in [-0.39, 0.29) is 23.4 Å². The summed E-state index contributed by atoms with van der Waals surface area (Å²) in [5, 5.41) is 0. The van der Waals surface area contributed by atoms with E-state index in [1.54, 1.807) is 14.0 Å². The van der Waals surface area contributed by atoms with Crippen LogP contribution in [-0.2, 0) is 4.79 Å². The van der Waals surface area contributed by atoms with Gasteiger partial charge in [-0.25, -0.2) is 0 Å². The van der Waals surface area contributed by atoms with Crippen molar-refractivity contribution >= 4 is 11.8 Å². The standard InChI is InChI=1S/C19H26N2O3/c1-14(22)20-12-7-11-19(2)17(20)10-6-13-21(19)18(23)15-8-4-5-9-16(15)24-3/h4-5,8-9,17H,6-7,10-13H2,1-3H3/t17-,19-/m0/s1. The number of methoxy groups -OCH3 is 1. The molecule has 2 atom stereocenters. The monoisotopic (exact) mass is 330 g/mol. The maximum Gasteiger partial charge on any atom is 0.258 e. The van der Waals surface area contributed by atoms with Gasteiger partial charge in [0.15, 0.2) is 0 Å². The molecule has 3 rings (SSSR count). The molecule has 130 valence electrons. The summed E-state index contributed by atoms with van der Waals surface area (Å²) in [4.78, 5) is 29.2. The van der Waals surface area contributed by atoms with Crippen molar-refractivity contribution < 1.29 is 14.3 Å². The van der Waals surface area contributed by atoms with Crippen LogP contribution in [0.5, 0.6) is 5.75 Å². The van der Waals surface area contributed by atoms with Crippen LogP contribution in [0.15, 0.2) is 24.3 Å². The average molecular weight is 330 g/mol. The smallest absolute Gasteiger partial charge is 0.258 e. The molecule has 0 unspecified atom stereocenters. The molecule has 0 bridgehead atoms. The van der Waals surface area contributed by atoms with Gasteiger partial charge in [0.2, 0.25) is 5.91 Å². The molecule has 0 saturated carbocycles. The molecule has 2 aliphatic rings. The van der Waals surface area contributed by atoms with Crippen LogP contribution in [0.4, 0.5) is 0 Å². The predicted molar refractivity (Wildman–Crippen MR) is 92.1 cm³/mol. The number of amides is 2. The van der Waals surface area contributed by atoms with Crippen molar-refractivity contribution in [3.8, 4) is 5.75 Å². The molecule has 2 amide bonds. The van der Waals surface area contributed by atoms with Crippen molar-refractivity contribution in [3.63, 3.8) is 0 Å². The summed E-state index contributed by atoms with van der Waals surface area (Å²) in [5.41, 5.74) is 0.293. The Morgan fingerprint density at radius 2 is 1.96 bits per heavy atom. The molecule has 24 heavy (non-hydrogen) atoms. The zero-order valence-corrected chi connectivity index (χ0v) is 14.7. The number of likely N-dealkylation sites (tertiary alicyclic amines) is 2. The van der Waals surface area contributed by atoms with Gasteiger partial charge in [-0.3, -0.25) is 9.59 Å². The fourth-order valence-corrected chi connectivity index (χ4v) is 4.42. The Morgan fingerprint density at radius 3 is 2.67 bits per heavy atom. The first-order valence-electron chi connectivity index (χ1n) is 8.71. The van der Waals surface area contributed by atoms with Gasteiger partial charge < -0.3 is 14.5 Å². The molecule has 0 aromatic heterocycles. The topological polar surface area (TPSA) is 49.9 Å². The van der Waals surface area contributed by atoms with Crippen molar-refractivity contribution in [3.05, 3.63) is 29.8 Å². The Labute approximate surface area is 143 Å². The van der Waals surface area contributed by atoms with E-state index < -0.39 is 0 Å². The molecule has 2 saturated heterocycles.